The van der Waals surface area contributed by atoms with Crippen molar-refractivity contribution in [2.75, 3.05) is 0 Å². The van der Waals surface area contributed by atoms with E-state index in [1.807, 2.05) is 121 Å². The number of carbonyl (C=O) groups excluding carboxylic acids is 1. The molecule has 273 valence electrons. The van der Waals surface area contributed by atoms with Gasteiger partial charge >= 0.3 is 0 Å². The molecular formula is C47H32IrN6O2-2. The molecule has 0 saturated heterocycles. The number of hydrogen-bond donors (Lipinski definition) is 1. The van der Waals surface area contributed by atoms with E-state index in [-0.39, 0.29) is 31.6 Å². The Morgan fingerprint density at radius 2 is 0.821 bits per heavy atom. The number of rotatable bonds is 5. The molecule has 0 amide bonds. The topological polar surface area (TPSA) is 98.7 Å². The maximum Gasteiger partial charge on any atom is 0.189 e. The summed E-state index contributed by atoms with van der Waals surface area (Å²) < 4.78 is 0. The number of aliphatic hydroxyl groups excluding tert-OH is 1. The van der Waals surface area contributed by atoms with Crippen LogP contribution in [0.25, 0.3) is 60.7 Å². The van der Waals surface area contributed by atoms with E-state index in [2.05, 4.69) is 56.8 Å². The molecule has 2 heterocycles. The summed E-state index contributed by atoms with van der Waals surface area (Å²) in [7, 11) is 0. The van der Waals surface area contributed by atoms with Crippen molar-refractivity contribution in [2.45, 2.75) is 0 Å². The van der Waals surface area contributed by atoms with Crippen LogP contribution in [0.2, 0.25) is 0 Å². The van der Waals surface area contributed by atoms with Gasteiger partial charge in [-0.15, -0.1) is 33.7 Å². The van der Waals surface area contributed by atoms with Gasteiger partial charge in [0.2, 0.25) is 0 Å². The van der Waals surface area contributed by atoms with Crippen LogP contribution < -0.4 is 0 Å². The SMILES string of the molecule is O=C(C=C(O)c1ccccc1)c1ccccc1.[Ir].[c-]1ccc2ccccc2c1-n1nc2ccccc2n1.[c-]1ccc2ccccc2c1-n1nc2ccccc2n1. The number of ketones is 1. The number of hydrogen-bond acceptors (Lipinski definition) is 6. The average Bonchev–Trinajstić information content (AvgIpc) is 3.89. The summed E-state index contributed by atoms with van der Waals surface area (Å²) in [6, 6.07) is 64.3. The zero-order valence-corrected chi connectivity index (χ0v) is 32.2. The first-order chi connectivity index (χ1) is 27.1. The van der Waals surface area contributed by atoms with E-state index in [9.17, 15) is 9.90 Å². The Bertz CT molecular complexity index is 2700. The minimum atomic E-state index is -0.202. The molecule has 10 aromatic rings. The van der Waals surface area contributed by atoms with Crippen LogP contribution in [0.3, 0.4) is 0 Å². The van der Waals surface area contributed by atoms with Crippen molar-refractivity contribution < 1.29 is 30.0 Å². The molecule has 8 aromatic carbocycles. The maximum absolute atomic E-state index is 11.8. The van der Waals surface area contributed by atoms with Gasteiger partial charge in [-0.1, -0.05) is 121 Å². The molecule has 2 aromatic heterocycles. The molecule has 0 atom stereocenters. The zero-order chi connectivity index (χ0) is 37.4. The molecule has 56 heavy (non-hydrogen) atoms. The van der Waals surface area contributed by atoms with Gasteiger partial charge in [0.05, 0.1) is 0 Å². The van der Waals surface area contributed by atoms with Crippen molar-refractivity contribution >= 4 is 55.2 Å². The van der Waals surface area contributed by atoms with Gasteiger partial charge < -0.3 is 5.11 Å². The Hall–Kier alpha value is -7.06. The van der Waals surface area contributed by atoms with E-state index in [0.29, 0.717) is 11.1 Å². The largest absolute Gasteiger partial charge is 0.507 e. The molecule has 0 bridgehead atoms. The summed E-state index contributed by atoms with van der Waals surface area (Å²) in [5.41, 5.74) is 6.54. The fourth-order valence-electron chi connectivity index (χ4n) is 6.04. The van der Waals surface area contributed by atoms with Crippen LogP contribution in [-0.4, -0.2) is 40.9 Å². The maximum atomic E-state index is 11.8. The summed E-state index contributed by atoms with van der Waals surface area (Å²) in [6.45, 7) is 0. The summed E-state index contributed by atoms with van der Waals surface area (Å²) in [5, 5.41) is 32.4. The molecular weight excluding hydrogens is 873 g/mol. The van der Waals surface area contributed by atoms with Gasteiger partial charge in [0, 0.05) is 37.3 Å². The van der Waals surface area contributed by atoms with E-state index >= 15 is 0 Å². The summed E-state index contributed by atoms with van der Waals surface area (Å²) in [6.07, 6.45) is 1.24. The minimum absolute atomic E-state index is 0. The predicted octanol–water partition coefficient (Wildman–Crippen LogP) is 10.2. The van der Waals surface area contributed by atoms with Crippen molar-refractivity contribution in [2.24, 2.45) is 0 Å². The van der Waals surface area contributed by atoms with Crippen LogP contribution in [0.5, 0.6) is 0 Å². The molecule has 10 rings (SSSR count). The molecule has 0 saturated carbocycles. The zero-order valence-electron chi connectivity index (χ0n) is 29.8. The third-order valence-electron chi connectivity index (χ3n) is 8.77. The van der Waals surface area contributed by atoms with E-state index < -0.39 is 0 Å². The minimum Gasteiger partial charge on any atom is -0.507 e. The second-order valence-electron chi connectivity index (χ2n) is 12.4. The van der Waals surface area contributed by atoms with Crippen LogP contribution in [0.1, 0.15) is 15.9 Å². The Morgan fingerprint density at radius 3 is 1.25 bits per heavy atom. The predicted molar refractivity (Wildman–Crippen MR) is 218 cm³/mol. The normalized spacial score (nSPS) is 11.0. The molecule has 0 fully saturated rings. The van der Waals surface area contributed by atoms with Gasteiger partial charge in [-0.3, -0.25) is 4.79 Å². The van der Waals surface area contributed by atoms with Gasteiger partial charge in [0.1, 0.15) is 27.8 Å². The number of nitrogens with zero attached hydrogens (tertiary/aromatic N) is 6. The van der Waals surface area contributed by atoms with Crippen molar-refractivity contribution in [3.05, 3.63) is 211 Å². The number of aromatic nitrogens is 6. The number of aliphatic hydroxyl groups is 1. The second kappa shape index (κ2) is 17.4. The summed E-state index contributed by atoms with van der Waals surface area (Å²) >= 11 is 0. The smallest absolute Gasteiger partial charge is 0.189 e. The van der Waals surface area contributed by atoms with Gasteiger partial charge in [0.15, 0.2) is 5.78 Å². The van der Waals surface area contributed by atoms with E-state index in [0.717, 1.165) is 55.0 Å². The first-order valence-electron chi connectivity index (χ1n) is 17.6. The molecule has 0 unspecified atom stereocenters. The second-order valence-corrected chi connectivity index (χ2v) is 12.4. The van der Waals surface area contributed by atoms with Gasteiger partial charge in [0.25, 0.3) is 0 Å². The van der Waals surface area contributed by atoms with Crippen LogP contribution in [0, 0.1) is 12.1 Å². The molecule has 8 nitrogen and oxygen atoms in total. The number of carbonyl (C=O) groups is 1. The Kier molecular flexibility index (Phi) is 11.6. The fourth-order valence-corrected chi connectivity index (χ4v) is 6.04. The molecule has 1 N–H and O–H groups in total. The average molecular weight is 905 g/mol. The Labute approximate surface area is 336 Å². The summed E-state index contributed by atoms with van der Waals surface area (Å²) in [5.74, 6) is -0.216. The quantitative estimate of drug-likeness (QED) is 0.0800. The van der Waals surface area contributed by atoms with Crippen LogP contribution >= 0.6 is 0 Å². The molecule has 0 spiro atoms. The van der Waals surface area contributed by atoms with Crippen molar-refractivity contribution in [3.63, 3.8) is 0 Å². The van der Waals surface area contributed by atoms with E-state index in [1.165, 1.54) is 6.08 Å². The van der Waals surface area contributed by atoms with Crippen LogP contribution in [0.4, 0.5) is 0 Å². The number of benzene rings is 8. The van der Waals surface area contributed by atoms with Gasteiger partial charge in [-0.2, -0.15) is 66.4 Å². The third kappa shape index (κ3) is 8.35. The first kappa shape index (κ1) is 37.3. The fraction of sp³-hybridized carbons (Fsp3) is 0. The van der Waals surface area contributed by atoms with Crippen molar-refractivity contribution in [1.29, 1.82) is 0 Å². The van der Waals surface area contributed by atoms with Crippen LogP contribution in [-0.2, 0) is 20.1 Å². The Balaban J connectivity index is 0.000000128. The monoisotopic (exact) mass is 905 g/mol. The standard InChI is InChI=1S/2C16H10N3.C15H12O2.Ir/c2*1-2-8-13-12(6-1)7-5-11-16(13)19-17-14-9-3-4-10-15(14)18-19;16-14(12-7-3-1-4-8-12)11-15(17)13-9-5-2-6-10-13;/h2*1-10H;1-11,16H;/q2*-1;;. The first-order valence-corrected chi connectivity index (χ1v) is 17.6. The molecule has 0 aliphatic rings. The van der Waals surface area contributed by atoms with Gasteiger partial charge in [-0.25, -0.2) is 0 Å². The van der Waals surface area contributed by atoms with Gasteiger partial charge in [-0.05, 0) is 35.6 Å². The van der Waals surface area contributed by atoms with E-state index in [4.69, 9.17) is 0 Å². The molecule has 9 heteroatoms. The molecule has 1 radical (unpaired) electrons. The van der Waals surface area contributed by atoms with Crippen molar-refractivity contribution in [3.8, 4) is 11.4 Å². The number of fused-ring (bicyclic) bond motifs is 4. The van der Waals surface area contributed by atoms with Crippen molar-refractivity contribution in [1.82, 2.24) is 30.0 Å². The van der Waals surface area contributed by atoms with E-state index in [1.54, 1.807) is 46.0 Å². The summed E-state index contributed by atoms with van der Waals surface area (Å²) in [4.78, 5) is 15.1. The Morgan fingerprint density at radius 1 is 0.464 bits per heavy atom. The third-order valence-corrected chi connectivity index (χ3v) is 8.77. The number of allylic oxidation sites excluding steroid dienone is 1. The molecule has 0 aliphatic heterocycles. The molecule has 0 aliphatic carbocycles. The van der Waals surface area contributed by atoms with Crippen LogP contribution in [0.15, 0.2) is 188 Å².